The van der Waals surface area contributed by atoms with Crippen LogP contribution >= 0.6 is 16.4 Å². The maximum atomic E-state index is 10.4. The first-order valence-electron chi connectivity index (χ1n) is 12.3. The molecule has 0 fully saturated rings. The van der Waals surface area contributed by atoms with E-state index in [2.05, 4.69) is 44.3 Å². The molecule has 1 unspecified atom stereocenters. The van der Waals surface area contributed by atoms with E-state index in [1.807, 2.05) is 11.9 Å². The van der Waals surface area contributed by atoms with Gasteiger partial charge in [0.1, 0.15) is 14.8 Å². The summed E-state index contributed by atoms with van der Waals surface area (Å²) in [4.78, 5) is 15.1. The summed E-state index contributed by atoms with van der Waals surface area (Å²) in [6.45, 7) is 0. The summed E-state index contributed by atoms with van der Waals surface area (Å²) < 4.78 is 4.78. The van der Waals surface area contributed by atoms with E-state index in [1.54, 1.807) is 6.08 Å². The maximum absolute atomic E-state index is 10.4. The van der Waals surface area contributed by atoms with Crippen LogP contribution < -0.4 is 0 Å². The molecule has 0 aromatic rings. The van der Waals surface area contributed by atoms with Crippen molar-refractivity contribution in [1.82, 2.24) is 0 Å². The SMILES string of the molecule is O=C(O)CCCCCCC/C=C\CCCCCCCCC1=CC=PPOOOOOC=CC=C1. The van der Waals surface area contributed by atoms with Crippen LogP contribution in [0, 0.1) is 0 Å². The summed E-state index contributed by atoms with van der Waals surface area (Å²) in [5.74, 6) is 1.36. The molecule has 0 aromatic carbocycles. The lowest BCUT2D eigenvalue weighted by molar-refractivity contribution is -0.681. The summed E-state index contributed by atoms with van der Waals surface area (Å²) in [5, 5.41) is 21.4. The fraction of sp³-hybridized carbons (Fsp3) is 0.600. The van der Waals surface area contributed by atoms with Crippen molar-refractivity contribution in [2.75, 3.05) is 0 Å². The van der Waals surface area contributed by atoms with Gasteiger partial charge in [-0.3, -0.25) is 4.79 Å². The van der Waals surface area contributed by atoms with Crippen molar-refractivity contribution in [3.63, 3.8) is 0 Å². The third kappa shape index (κ3) is 22.5. The normalized spacial score (nSPS) is 16.4. The van der Waals surface area contributed by atoms with Crippen LogP contribution in [0.15, 0.2) is 48.3 Å². The van der Waals surface area contributed by atoms with Crippen LogP contribution in [-0.4, -0.2) is 16.9 Å². The Bertz CT molecular complexity index is 645. The second-order valence-corrected chi connectivity index (χ2v) is 10.2. The Morgan fingerprint density at radius 2 is 1.53 bits per heavy atom. The zero-order valence-corrected chi connectivity index (χ0v) is 22.0. The minimum Gasteiger partial charge on any atom is -0.481 e. The smallest absolute Gasteiger partial charge is 0.303 e. The lowest BCUT2D eigenvalue weighted by atomic mass is 10.0. The number of hydrogen-bond donors (Lipinski definition) is 1. The number of rotatable bonds is 17. The fourth-order valence-electron chi connectivity index (χ4n) is 3.35. The van der Waals surface area contributed by atoms with E-state index in [4.69, 9.17) is 9.78 Å². The van der Waals surface area contributed by atoms with Crippen molar-refractivity contribution in [3.05, 3.63) is 48.3 Å². The Hall–Kier alpha value is -1.33. The van der Waals surface area contributed by atoms with Crippen LogP contribution in [0.1, 0.15) is 96.3 Å². The number of aliphatic carboxylic acids is 1. The first-order chi connectivity index (χ1) is 16.8. The van der Waals surface area contributed by atoms with Gasteiger partial charge in [-0.25, -0.2) is 0 Å². The molecule has 0 aromatic heterocycles. The Morgan fingerprint density at radius 1 is 0.853 bits per heavy atom. The van der Waals surface area contributed by atoms with Crippen molar-refractivity contribution < 1.29 is 34.6 Å². The molecule has 1 N–H and O–H groups in total. The highest BCUT2D eigenvalue weighted by Crippen LogP contribution is 2.29. The molecular weight excluding hydrogens is 474 g/mol. The minimum atomic E-state index is -0.681. The Balaban J connectivity index is 2.00. The topological polar surface area (TPSA) is 83.5 Å². The van der Waals surface area contributed by atoms with Crippen LogP contribution in [0.4, 0.5) is 0 Å². The highest BCUT2D eigenvalue weighted by molar-refractivity contribution is 8.08. The van der Waals surface area contributed by atoms with Gasteiger partial charge in [0.25, 0.3) is 0 Å². The summed E-state index contributed by atoms with van der Waals surface area (Å²) in [5.41, 5.74) is 1.27. The Kier molecular flexibility index (Phi) is 22.4. The highest BCUT2D eigenvalue weighted by Gasteiger charge is 1.97. The third-order valence-electron chi connectivity index (χ3n) is 5.15. The van der Waals surface area contributed by atoms with E-state index in [0.29, 0.717) is 6.42 Å². The number of carbonyl (C=O) groups is 1. The predicted molar refractivity (Wildman–Crippen MR) is 139 cm³/mol. The van der Waals surface area contributed by atoms with Crippen molar-refractivity contribution >= 4 is 28.2 Å². The number of carboxylic acid groups (broad SMARTS) is 1. The molecule has 0 aliphatic carbocycles. The van der Waals surface area contributed by atoms with Crippen LogP contribution in [0.25, 0.3) is 0 Å². The summed E-state index contributed by atoms with van der Waals surface area (Å²) in [7, 11) is 1.07. The molecule has 192 valence electrons. The molecule has 0 saturated carbocycles. The maximum Gasteiger partial charge on any atom is 0.303 e. The molecule has 34 heavy (non-hydrogen) atoms. The second kappa shape index (κ2) is 24.8. The van der Waals surface area contributed by atoms with Gasteiger partial charge in [-0.15, -0.1) is 0 Å². The average Bonchev–Trinajstić information content (AvgIpc) is 2.83. The van der Waals surface area contributed by atoms with Gasteiger partial charge < -0.3 is 9.99 Å². The molecule has 1 rings (SSSR count). The van der Waals surface area contributed by atoms with Gasteiger partial charge in [-0.05, 0) is 75.3 Å². The first-order valence-corrected chi connectivity index (χ1v) is 15.0. The standard InChI is InChI=1S/C25H40O7P2/c26-25(27)20-15-13-11-9-7-5-3-1-2-4-6-8-10-12-14-18-24-19-16-17-22-28-29-30-31-32-34-33-23-21-24/h1,3,16-17,19,21-23,34H,2,4-15,18,20H2,(H,26,27)/b3-1-,19-16?,22-17?,24-21?. The van der Waals surface area contributed by atoms with E-state index >= 15 is 0 Å². The van der Waals surface area contributed by atoms with Crippen molar-refractivity contribution in [1.29, 1.82) is 0 Å². The molecule has 0 amide bonds. The molecule has 1 atom stereocenters. The monoisotopic (exact) mass is 514 g/mol. The van der Waals surface area contributed by atoms with Gasteiger partial charge in [0, 0.05) is 16.5 Å². The lowest BCUT2D eigenvalue weighted by Gasteiger charge is -2.03. The third-order valence-corrected chi connectivity index (χ3v) is 6.69. The average molecular weight is 515 g/mol. The van der Waals surface area contributed by atoms with Crippen molar-refractivity contribution in [2.45, 2.75) is 96.3 Å². The summed E-state index contributed by atoms with van der Waals surface area (Å²) >= 11 is 0. The summed E-state index contributed by atoms with van der Waals surface area (Å²) in [6.07, 6.45) is 30.4. The van der Waals surface area contributed by atoms with E-state index in [-0.39, 0.29) is 8.50 Å². The highest BCUT2D eigenvalue weighted by atomic mass is 32.0. The fourth-order valence-corrected chi connectivity index (χ4v) is 4.40. The Labute approximate surface area is 207 Å². The predicted octanol–water partition coefficient (Wildman–Crippen LogP) is 8.49. The van der Waals surface area contributed by atoms with Gasteiger partial charge in [0.15, 0.2) is 0 Å². The van der Waals surface area contributed by atoms with Crippen LogP contribution in [-0.2, 0) is 29.5 Å². The number of unbranched alkanes of at least 4 members (excludes halogenated alkanes) is 11. The molecule has 1 aliphatic heterocycles. The van der Waals surface area contributed by atoms with E-state index in [0.717, 1.165) is 40.0 Å². The first kappa shape index (κ1) is 30.7. The van der Waals surface area contributed by atoms with Crippen molar-refractivity contribution in [3.8, 4) is 0 Å². The Morgan fingerprint density at radius 3 is 2.26 bits per heavy atom. The molecule has 0 spiro atoms. The van der Waals surface area contributed by atoms with Crippen LogP contribution in [0.5, 0.6) is 0 Å². The van der Waals surface area contributed by atoms with E-state index < -0.39 is 5.97 Å². The quantitative estimate of drug-likeness (QED) is 0.0902. The number of carboxylic acids is 1. The molecule has 0 radical (unpaired) electrons. The molecule has 0 bridgehead atoms. The van der Waals surface area contributed by atoms with Crippen LogP contribution in [0.3, 0.4) is 0 Å². The number of hydrogen-bond acceptors (Lipinski definition) is 6. The summed E-state index contributed by atoms with van der Waals surface area (Å²) in [6, 6.07) is 0. The van der Waals surface area contributed by atoms with Gasteiger partial charge in [-0.1, -0.05) is 75.3 Å². The van der Waals surface area contributed by atoms with Gasteiger partial charge in [0.05, 0.1) is 0 Å². The molecular formula is C25H40O7P2. The zero-order valence-electron chi connectivity index (χ0n) is 20.1. The van der Waals surface area contributed by atoms with E-state index in [1.165, 1.54) is 69.6 Å². The van der Waals surface area contributed by atoms with Crippen molar-refractivity contribution in [2.24, 2.45) is 0 Å². The number of allylic oxidation sites excluding steroid dienone is 7. The van der Waals surface area contributed by atoms with E-state index in [9.17, 15) is 4.79 Å². The second-order valence-electron chi connectivity index (χ2n) is 8.01. The van der Waals surface area contributed by atoms with Gasteiger partial charge in [-0.2, -0.15) is 4.67 Å². The van der Waals surface area contributed by atoms with Gasteiger partial charge in [0.2, 0.25) is 0 Å². The molecule has 1 aliphatic rings. The molecule has 0 saturated heterocycles. The molecule has 1 heterocycles. The lowest BCUT2D eigenvalue weighted by Crippen LogP contribution is -1.93. The zero-order chi connectivity index (χ0) is 24.4. The minimum absolute atomic E-state index is 0.0890. The van der Waals surface area contributed by atoms with Crippen LogP contribution in [0.2, 0.25) is 0 Å². The molecule has 9 heteroatoms. The van der Waals surface area contributed by atoms with Gasteiger partial charge >= 0.3 is 5.97 Å². The molecule has 7 nitrogen and oxygen atoms in total. The largest absolute Gasteiger partial charge is 0.481 e.